The summed E-state index contributed by atoms with van der Waals surface area (Å²) in [7, 11) is 1.71. The molecule has 0 amide bonds. The van der Waals surface area contributed by atoms with Crippen LogP contribution in [-0.4, -0.2) is 31.7 Å². The normalized spacial score (nSPS) is 16.0. The second kappa shape index (κ2) is 7.84. The predicted molar refractivity (Wildman–Crippen MR) is 53.9 cm³/mol. The van der Waals surface area contributed by atoms with Gasteiger partial charge in [0.2, 0.25) is 0 Å². The Labute approximate surface area is 80.6 Å². The maximum Gasteiger partial charge on any atom is 0.0613 e. The minimum Gasteiger partial charge on any atom is -0.383 e. The molecule has 0 saturated heterocycles. The number of halogens is 1. The molecule has 2 atom stereocenters. The van der Waals surface area contributed by atoms with E-state index in [1.54, 1.807) is 7.11 Å². The van der Waals surface area contributed by atoms with Gasteiger partial charge in [-0.25, -0.2) is 0 Å². The average molecular weight is 194 g/mol. The summed E-state index contributed by atoms with van der Waals surface area (Å²) in [4.78, 5) is 0. The first-order chi connectivity index (χ1) is 5.70. The van der Waals surface area contributed by atoms with Crippen LogP contribution in [0.1, 0.15) is 26.7 Å². The van der Waals surface area contributed by atoms with Crippen molar-refractivity contribution >= 4 is 11.6 Å². The molecule has 0 aliphatic rings. The maximum atomic E-state index is 6.02. The molecule has 0 rings (SSSR count). The van der Waals surface area contributed by atoms with Crippen molar-refractivity contribution in [2.75, 3.05) is 20.3 Å². The lowest BCUT2D eigenvalue weighted by Gasteiger charge is -2.15. The van der Waals surface area contributed by atoms with Crippen molar-refractivity contribution in [2.24, 2.45) is 0 Å². The minimum absolute atomic E-state index is 0.259. The molecule has 0 aliphatic carbocycles. The Balaban J connectivity index is 3.27. The highest BCUT2D eigenvalue weighted by Gasteiger charge is 2.05. The molecule has 12 heavy (non-hydrogen) atoms. The van der Waals surface area contributed by atoms with E-state index in [-0.39, 0.29) is 5.38 Å². The largest absolute Gasteiger partial charge is 0.383 e. The summed E-state index contributed by atoms with van der Waals surface area (Å²) in [5.74, 6) is 0. The molecular weight excluding hydrogens is 174 g/mol. The van der Waals surface area contributed by atoms with Crippen LogP contribution in [0.3, 0.4) is 0 Å². The maximum absolute atomic E-state index is 6.02. The van der Waals surface area contributed by atoms with Crippen LogP contribution in [0, 0.1) is 0 Å². The van der Waals surface area contributed by atoms with Crippen LogP contribution >= 0.6 is 11.6 Å². The molecule has 3 heteroatoms. The van der Waals surface area contributed by atoms with Gasteiger partial charge in [0, 0.05) is 25.1 Å². The lowest BCUT2D eigenvalue weighted by molar-refractivity contribution is 0.172. The van der Waals surface area contributed by atoms with Crippen molar-refractivity contribution < 1.29 is 4.74 Å². The van der Waals surface area contributed by atoms with Gasteiger partial charge in [-0.1, -0.05) is 13.3 Å². The van der Waals surface area contributed by atoms with Crippen LogP contribution in [0.25, 0.3) is 0 Å². The molecule has 0 aliphatic heterocycles. The van der Waals surface area contributed by atoms with Gasteiger partial charge < -0.3 is 10.1 Å². The van der Waals surface area contributed by atoms with Crippen molar-refractivity contribution in [1.82, 2.24) is 5.32 Å². The number of nitrogens with one attached hydrogen (secondary N) is 1. The van der Waals surface area contributed by atoms with Crippen molar-refractivity contribution in [3.05, 3.63) is 0 Å². The molecular formula is C9H20ClNO. The number of hydrogen-bond donors (Lipinski definition) is 1. The quantitative estimate of drug-likeness (QED) is 0.625. The summed E-state index contributed by atoms with van der Waals surface area (Å²) in [6.45, 7) is 5.86. The van der Waals surface area contributed by atoms with E-state index in [2.05, 4.69) is 19.2 Å². The fourth-order valence-electron chi connectivity index (χ4n) is 1.05. The highest BCUT2D eigenvalue weighted by atomic mass is 35.5. The summed E-state index contributed by atoms with van der Waals surface area (Å²) in [6, 6.07) is 0.396. The van der Waals surface area contributed by atoms with E-state index in [0.29, 0.717) is 6.04 Å². The van der Waals surface area contributed by atoms with E-state index in [0.717, 1.165) is 26.0 Å². The molecule has 1 N–H and O–H groups in total. The molecule has 2 unspecified atom stereocenters. The van der Waals surface area contributed by atoms with Gasteiger partial charge in [0.05, 0.1) is 6.61 Å². The fourth-order valence-corrected chi connectivity index (χ4v) is 1.36. The van der Waals surface area contributed by atoms with Crippen molar-refractivity contribution in [3.63, 3.8) is 0 Å². The third kappa shape index (κ3) is 6.89. The molecule has 0 saturated carbocycles. The third-order valence-electron chi connectivity index (χ3n) is 1.71. The van der Waals surface area contributed by atoms with Gasteiger partial charge >= 0.3 is 0 Å². The van der Waals surface area contributed by atoms with Crippen LogP contribution in [0.5, 0.6) is 0 Å². The highest BCUT2D eigenvalue weighted by molar-refractivity contribution is 6.20. The minimum atomic E-state index is 0.259. The van der Waals surface area contributed by atoms with E-state index >= 15 is 0 Å². The van der Waals surface area contributed by atoms with Crippen LogP contribution in [-0.2, 0) is 4.74 Å². The Hall–Kier alpha value is 0.210. The molecule has 0 aromatic rings. The Bertz CT molecular complexity index is 88.5. The lowest BCUT2D eigenvalue weighted by atomic mass is 10.2. The second-order valence-corrected chi connectivity index (χ2v) is 3.77. The molecule has 2 nitrogen and oxygen atoms in total. The molecule has 0 fully saturated rings. The first-order valence-electron chi connectivity index (χ1n) is 4.57. The summed E-state index contributed by atoms with van der Waals surface area (Å²) in [5.41, 5.74) is 0. The lowest BCUT2D eigenvalue weighted by Crippen LogP contribution is -2.34. The topological polar surface area (TPSA) is 21.3 Å². The average Bonchev–Trinajstić information content (AvgIpc) is 2.02. The van der Waals surface area contributed by atoms with E-state index < -0.39 is 0 Å². The van der Waals surface area contributed by atoms with Crippen LogP contribution < -0.4 is 5.32 Å². The zero-order valence-corrected chi connectivity index (χ0v) is 9.03. The molecule has 74 valence electrons. The van der Waals surface area contributed by atoms with Crippen LogP contribution in [0.15, 0.2) is 0 Å². The first kappa shape index (κ1) is 12.2. The van der Waals surface area contributed by atoms with Crippen molar-refractivity contribution in [2.45, 2.75) is 38.1 Å². The monoisotopic (exact) mass is 193 g/mol. The third-order valence-corrected chi connectivity index (χ3v) is 2.08. The first-order valence-corrected chi connectivity index (χ1v) is 5.00. The zero-order valence-electron chi connectivity index (χ0n) is 8.27. The predicted octanol–water partition coefficient (Wildman–Crippen LogP) is 2.02. The number of rotatable bonds is 7. The second-order valence-electron chi connectivity index (χ2n) is 3.15. The van der Waals surface area contributed by atoms with Gasteiger partial charge in [0.1, 0.15) is 0 Å². The Morgan fingerprint density at radius 2 is 2.17 bits per heavy atom. The summed E-state index contributed by atoms with van der Waals surface area (Å²) in [5, 5.41) is 3.57. The molecule has 0 heterocycles. The van der Waals surface area contributed by atoms with Crippen molar-refractivity contribution in [3.8, 4) is 0 Å². The molecule has 0 bridgehead atoms. The van der Waals surface area contributed by atoms with Gasteiger partial charge in [-0.3, -0.25) is 0 Å². The fraction of sp³-hybridized carbons (Fsp3) is 1.00. The number of methoxy groups -OCH3 is 1. The Kier molecular flexibility index (Phi) is 7.98. The van der Waals surface area contributed by atoms with Gasteiger partial charge in [0.15, 0.2) is 0 Å². The van der Waals surface area contributed by atoms with Gasteiger partial charge in [-0.15, -0.1) is 11.6 Å². The van der Waals surface area contributed by atoms with Crippen LogP contribution in [0.2, 0.25) is 0 Å². The van der Waals surface area contributed by atoms with Gasteiger partial charge in [0.25, 0.3) is 0 Å². The molecule has 0 spiro atoms. The van der Waals surface area contributed by atoms with E-state index in [1.165, 1.54) is 0 Å². The number of alkyl halides is 1. The van der Waals surface area contributed by atoms with Gasteiger partial charge in [-0.05, 0) is 13.3 Å². The molecule has 0 radical (unpaired) electrons. The van der Waals surface area contributed by atoms with E-state index in [1.807, 2.05) is 0 Å². The SMILES string of the molecule is CCCC(Cl)CNC(C)COC. The molecule has 0 aromatic carbocycles. The van der Waals surface area contributed by atoms with E-state index in [9.17, 15) is 0 Å². The number of ether oxygens (including phenoxy) is 1. The highest BCUT2D eigenvalue weighted by Crippen LogP contribution is 2.03. The smallest absolute Gasteiger partial charge is 0.0613 e. The summed E-state index contributed by atoms with van der Waals surface area (Å²) in [6.07, 6.45) is 2.22. The molecule has 0 aromatic heterocycles. The standard InChI is InChI=1S/C9H20ClNO/c1-4-5-9(10)6-11-8(2)7-12-3/h8-9,11H,4-7H2,1-3H3. The Morgan fingerprint density at radius 1 is 1.50 bits per heavy atom. The summed E-state index contributed by atoms with van der Waals surface area (Å²) >= 11 is 6.02. The van der Waals surface area contributed by atoms with Crippen molar-refractivity contribution in [1.29, 1.82) is 0 Å². The Morgan fingerprint density at radius 3 is 2.67 bits per heavy atom. The van der Waals surface area contributed by atoms with E-state index in [4.69, 9.17) is 16.3 Å². The number of hydrogen-bond acceptors (Lipinski definition) is 2. The van der Waals surface area contributed by atoms with Gasteiger partial charge in [-0.2, -0.15) is 0 Å². The van der Waals surface area contributed by atoms with Crippen LogP contribution in [0.4, 0.5) is 0 Å². The summed E-state index contributed by atoms with van der Waals surface area (Å²) < 4.78 is 4.99. The zero-order chi connectivity index (χ0) is 9.40.